The fourth-order valence-corrected chi connectivity index (χ4v) is 1.68. The van der Waals surface area contributed by atoms with Gasteiger partial charge < -0.3 is 5.21 Å². The van der Waals surface area contributed by atoms with E-state index in [0.29, 0.717) is 0 Å². The van der Waals surface area contributed by atoms with Crippen molar-refractivity contribution in [2.75, 3.05) is 0 Å². The van der Waals surface area contributed by atoms with E-state index in [1.165, 1.54) is 5.56 Å². The van der Waals surface area contributed by atoms with Gasteiger partial charge in [-0.1, -0.05) is 27.7 Å². The van der Waals surface area contributed by atoms with Crippen LogP contribution in [0.4, 0.5) is 0 Å². The third-order valence-electron chi connectivity index (χ3n) is 3.01. The molecule has 1 aromatic rings. The third kappa shape index (κ3) is 1.89. The van der Waals surface area contributed by atoms with E-state index in [1.54, 1.807) is 6.20 Å². The molecule has 0 spiro atoms. The lowest BCUT2D eigenvalue weighted by Gasteiger charge is -2.24. The van der Waals surface area contributed by atoms with Gasteiger partial charge in [-0.15, -0.1) is 0 Å². The van der Waals surface area contributed by atoms with Gasteiger partial charge in [-0.25, -0.2) is 0 Å². The third-order valence-corrected chi connectivity index (χ3v) is 3.01. The largest absolute Gasteiger partial charge is 0.618 e. The zero-order chi connectivity index (χ0) is 10.8. The minimum absolute atomic E-state index is 0.0960. The molecule has 0 saturated heterocycles. The summed E-state index contributed by atoms with van der Waals surface area (Å²) in [5, 5.41) is 11.6. The van der Waals surface area contributed by atoms with Crippen molar-refractivity contribution in [3.63, 3.8) is 0 Å². The molecule has 0 unspecified atom stereocenters. The van der Waals surface area contributed by atoms with Crippen molar-refractivity contribution in [2.24, 2.45) is 0 Å². The van der Waals surface area contributed by atoms with Crippen LogP contribution in [0, 0.1) is 5.21 Å². The van der Waals surface area contributed by atoms with E-state index in [9.17, 15) is 5.21 Å². The number of hydrogen-bond acceptors (Lipinski definition) is 1. The molecule has 0 saturated carbocycles. The van der Waals surface area contributed by atoms with Gasteiger partial charge in [0.05, 0.1) is 0 Å². The average Bonchev–Trinajstić information content (AvgIpc) is 2.17. The Morgan fingerprint density at radius 2 is 2.00 bits per heavy atom. The summed E-state index contributed by atoms with van der Waals surface area (Å²) in [7, 11) is 0. The van der Waals surface area contributed by atoms with E-state index in [-0.39, 0.29) is 5.41 Å². The molecule has 0 bridgehead atoms. The highest BCUT2D eigenvalue weighted by molar-refractivity contribution is 5.24. The lowest BCUT2D eigenvalue weighted by molar-refractivity contribution is -0.614. The van der Waals surface area contributed by atoms with Crippen molar-refractivity contribution in [3.05, 3.63) is 34.8 Å². The molecule has 0 amide bonds. The maximum Gasteiger partial charge on any atom is 0.196 e. The number of hydrogen-bond donors (Lipinski definition) is 0. The second-order valence-corrected chi connectivity index (χ2v) is 4.29. The molecule has 0 atom stereocenters. The van der Waals surface area contributed by atoms with E-state index in [4.69, 9.17) is 0 Å². The summed E-state index contributed by atoms with van der Waals surface area (Å²) in [6, 6.07) is 3.90. The van der Waals surface area contributed by atoms with Crippen LogP contribution in [0.3, 0.4) is 0 Å². The van der Waals surface area contributed by atoms with E-state index in [2.05, 4.69) is 26.8 Å². The molecule has 1 heterocycles. The molecule has 2 nitrogen and oxygen atoms in total. The van der Waals surface area contributed by atoms with Gasteiger partial charge in [0.25, 0.3) is 0 Å². The summed E-state index contributed by atoms with van der Waals surface area (Å²) in [5.41, 5.74) is 2.18. The minimum atomic E-state index is 0.0960. The second-order valence-electron chi connectivity index (χ2n) is 4.29. The van der Waals surface area contributed by atoms with Crippen LogP contribution in [0.15, 0.2) is 18.3 Å². The fraction of sp³-hybridized carbons (Fsp3) is 0.583. The highest BCUT2D eigenvalue weighted by Gasteiger charge is 2.25. The lowest BCUT2D eigenvalue weighted by Crippen LogP contribution is -2.35. The van der Waals surface area contributed by atoms with Crippen LogP contribution in [0.2, 0.25) is 0 Å². The zero-order valence-electron chi connectivity index (χ0n) is 9.50. The summed E-state index contributed by atoms with van der Waals surface area (Å²) in [6.07, 6.45) is 3.42. The Bertz CT molecular complexity index is 318. The lowest BCUT2D eigenvalue weighted by atomic mass is 9.81. The minimum Gasteiger partial charge on any atom is -0.618 e. The zero-order valence-corrected chi connectivity index (χ0v) is 9.50. The topological polar surface area (TPSA) is 26.9 Å². The van der Waals surface area contributed by atoms with E-state index in [0.717, 1.165) is 23.3 Å². The number of pyridine rings is 1. The maximum atomic E-state index is 11.6. The van der Waals surface area contributed by atoms with E-state index in [1.807, 2.05) is 13.0 Å². The van der Waals surface area contributed by atoms with Crippen molar-refractivity contribution in [1.82, 2.24) is 0 Å². The number of aromatic nitrogens is 1. The Balaban J connectivity index is 3.27. The average molecular weight is 193 g/mol. The molecule has 0 aromatic carbocycles. The van der Waals surface area contributed by atoms with Gasteiger partial charge in [0.2, 0.25) is 0 Å². The van der Waals surface area contributed by atoms with Crippen molar-refractivity contribution in [1.29, 1.82) is 0 Å². The maximum absolute atomic E-state index is 11.6. The van der Waals surface area contributed by atoms with Crippen molar-refractivity contribution in [3.8, 4) is 0 Å². The highest BCUT2D eigenvalue weighted by Crippen LogP contribution is 2.28. The Labute approximate surface area is 86.2 Å². The van der Waals surface area contributed by atoms with Crippen LogP contribution in [-0.2, 0) is 11.8 Å². The quantitative estimate of drug-likeness (QED) is 0.535. The Kier molecular flexibility index (Phi) is 3.14. The molecule has 2 heteroatoms. The normalized spacial score (nSPS) is 11.7. The van der Waals surface area contributed by atoms with Gasteiger partial charge >= 0.3 is 0 Å². The Morgan fingerprint density at radius 3 is 2.50 bits per heavy atom. The van der Waals surface area contributed by atoms with Crippen molar-refractivity contribution in [2.45, 2.75) is 46.0 Å². The fourth-order valence-electron chi connectivity index (χ4n) is 1.68. The van der Waals surface area contributed by atoms with Crippen molar-refractivity contribution >= 4 is 0 Å². The predicted octanol–water partition coefficient (Wildman–Crippen LogP) is 2.57. The van der Waals surface area contributed by atoms with Gasteiger partial charge in [0.15, 0.2) is 11.9 Å². The second kappa shape index (κ2) is 3.99. The molecule has 0 fully saturated rings. The first-order valence-electron chi connectivity index (χ1n) is 5.24. The van der Waals surface area contributed by atoms with Crippen LogP contribution in [0.1, 0.15) is 45.4 Å². The van der Waals surface area contributed by atoms with Crippen LogP contribution in [0.5, 0.6) is 0 Å². The van der Waals surface area contributed by atoms with Crippen LogP contribution >= 0.6 is 0 Å². The summed E-state index contributed by atoms with van der Waals surface area (Å²) in [4.78, 5) is 0. The first kappa shape index (κ1) is 11.0. The van der Waals surface area contributed by atoms with E-state index >= 15 is 0 Å². The molecule has 0 N–H and O–H groups in total. The van der Waals surface area contributed by atoms with Gasteiger partial charge in [-0.05, 0) is 17.9 Å². The van der Waals surface area contributed by atoms with Gasteiger partial charge in [0.1, 0.15) is 0 Å². The SMILES string of the molecule is CCc1c(C(C)(C)CC)ccc[n+]1[O-]. The van der Waals surface area contributed by atoms with Crippen LogP contribution < -0.4 is 4.73 Å². The van der Waals surface area contributed by atoms with E-state index < -0.39 is 0 Å². The molecule has 14 heavy (non-hydrogen) atoms. The smallest absolute Gasteiger partial charge is 0.196 e. The van der Waals surface area contributed by atoms with Gasteiger partial charge in [-0.2, -0.15) is 4.73 Å². The Hall–Kier alpha value is -1.05. The number of nitrogens with zero attached hydrogens (tertiary/aromatic N) is 1. The molecular weight excluding hydrogens is 174 g/mol. The van der Waals surface area contributed by atoms with Crippen LogP contribution in [-0.4, -0.2) is 0 Å². The molecule has 0 aliphatic rings. The molecular formula is C12H19NO. The first-order valence-corrected chi connectivity index (χ1v) is 5.24. The Morgan fingerprint density at radius 1 is 1.36 bits per heavy atom. The standard InChI is InChI=1S/C12H19NO/c1-5-11-10(12(3,4)6-2)8-7-9-13(11)14/h7-9H,5-6H2,1-4H3. The predicted molar refractivity (Wildman–Crippen MR) is 58.1 cm³/mol. The van der Waals surface area contributed by atoms with Crippen molar-refractivity contribution < 1.29 is 4.73 Å². The highest BCUT2D eigenvalue weighted by atomic mass is 16.5. The molecule has 78 valence electrons. The monoisotopic (exact) mass is 193 g/mol. The molecule has 0 aliphatic heterocycles. The molecule has 1 rings (SSSR count). The summed E-state index contributed by atoms with van der Waals surface area (Å²) >= 11 is 0. The molecule has 0 aliphatic carbocycles. The summed E-state index contributed by atoms with van der Waals surface area (Å²) < 4.78 is 0.993. The first-order chi connectivity index (χ1) is 6.53. The van der Waals surface area contributed by atoms with Crippen LogP contribution in [0.25, 0.3) is 0 Å². The number of rotatable bonds is 3. The van der Waals surface area contributed by atoms with Gasteiger partial charge in [0, 0.05) is 18.1 Å². The summed E-state index contributed by atoms with van der Waals surface area (Å²) in [5.74, 6) is 0. The summed E-state index contributed by atoms with van der Waals surface area (Å²) in [6.45, 7) is 8.55. The molecule has 0 radical (unpaired) electrons. The van der Waals surface area contributed by atoms with Gasteiger partial charge in [-0.3, -0.25) is 0 Å². The molecule has 1 aromatic heterocycles.